The molecule has 0 radical (unpaired) electrons. The second-order valence-electron chi connectivity index (χ2n) is 4.49. The summed E-state index contributed by atoms with van der Waals surface area (Å²) in [5.41, 5.74) is 7.76. The highest BCUT2D eigenvalue weighted by Crippen LogP contribution is 2.38. The number of nitrogens with zero attached hydrogens (tertiary/aromatic N) is 1. The molecule has 1 aromatic carbocycles. The molecule has 0 amide bonds. The summed E-state index contributed by atoms with van der Waals surface area (Å²) in [6.45, 7) is 4.27. The maximum atomic E-state index is 5.83. The molecule has 0 aliphatic heterocycles. The lowest BCUT2D eigenvalue weighted by Crippen LogP contribution is -1.93. The second-order valence-corrected chi connectivity index (χ2v) is 5.55. The molecule has 102 valence electrons. The van der Waals surface area contributed by atoms with E-state index in [2.05, 4.69) is 18.8 Å². The molecular formula is C14H18N2O2S. The first kappa shape index (κ1) is 13.7. The molecule has 4 nitrogen and oxygen atoms in total. The van der Waals surface area contributed by atoms with E-state index in [1.807, 2.05) is 18.2 Å². The van der Waals surface area contributed by atoms with Crippen LogP contribution < -0.4 is 15.2 Å². The van der Waals surface area contributed by atoms with E-state index in [1.54, 1.807) is 14.2 Å². The predicted octanol–water partition coefficient (Wildman–Crippen LogP) is 3.53. The van der Waals surface area contributed by atoms with Gasteiger partial charge in [0.15, 0.2) is 16.6 Å². The quantitative estimate of drug-likeness (QED) is 0.929. The first-order valence-corrected chi connectivity index (χ1v) is 6.87. The fraction of sp³-hybridized carbons (Fsp3) is 0.357. The van der Waals surface area contributed by atoms with Crippen LogP contribution in [0.2, 0.25) is 0 Å². The number of hydrogen-bond donors (Lipinski definition) is 1. The first-order chi connectivity index (χ1) is 9.06. The molecule has 5 heteroatoms. The van der Waals surface area contributed by atoms with Crippen LogP contribution in [0, 0.1) is 0 Å². The van der Waals surface area contributed by atoms with Crippen molar-refractivity contribution in [2.45, 2.75) is 19.8 Å². The van der Waals surface area contributed by atoms with E-state index < -0.39 is 0 Å². The molecule has 0 spiro atoms. The van der Waals surface area contributed by atoms with Crippen molar-refractivity contribution in [3.05, 3.63) is 23.1 Å². The van der Waals surface area contributed by atoms with Crippen molar-refractivity contribution < 1.29 is 9.47 Å². The number of aromatic nitrogens is 1. The summed E-state index contributed by atoms with van der Waals surface area (Å²) in [6, 6.07) is 5.79. The topological polar surface area (TPSA) is 57.4 Å². The smallest absolute Gasteiger partial charge is 0.180 e. The Bertz CT molecular complexity index is 579. The Morgan fingerprint density at radius 1 is 1.16 bits per heavy atom. The van der Waals surface area contributed by atoms with Gasteiger partial charge in [0.1, 0.15) is 0 Å². The molecule has 0 bridgehead atoms. The van der Waals surface area contributed by atoms with Crippen molar-refractivity contribution in [1.29, 1.82) is 0 Å². The Labute approximate surface area is 117 Å². The highest BCUT2D eigenvalue weighted by Gasteiger charge is 2.16. The minimum Gasteiger partial charge on any atom is -0.493 e. The van der Waals surface area contributed by atoms with Gasteiger partial charge in [0, 0.05) is 10.4 Å². The van der Waals surface area contributed by atoms with Gasteiger partial charge in [-0.2, -0.15) is 0 Å². The minimum absolute atomic E-state index is 0.387. The maximum Gasteiger partial charge on any atom is 0.180 e. The van der Waals surface area contributed by atoms with Crippen molar-refractivity contribution >= 4 is 16.5 Å². The monoisotopic (exact) mass is 278 g/mol. The third kappa shape index (κ3) is 2.66. The van der Waals surface area contributed by atoms with Gasteiger partial charge in [0.25, 0.3) is 0 Å². The van der Waals surface area contributed by atoms with E-state index >= 15 is 0 Å². The van der Waals surface area contributed by atoms with Crippen LogP contribution in [-0.2, 0) is 0 Å². The Hall–Kier alpha value is -1.75. The zero-order chi connectivity index (χ0) is 14.0. The molecule has 0 unspecified atom stereocenters. The number of benzene rings is 1. The van der Waals surface area contributed by atoms with Crippen molar-refractivity contribution in [2.24, 2.45) is 0 Å². The molecule has 2 aromatic rings. The lowest BCUT2D eigenvalue weighted by Gasteiger charge is -2.10. The highest BCUT2D eigenvalue weighted by molar-refractivity contribution is 7.15. The normalized spacial score (nSPS) is 10.8. The van der Waals surface area contributed by atoms with Gasteiger partial charge in [-0.15, -0.1) is 11.3 Å². The molecule has 2 rings (SSSR count). The van der Waals surface area contributed by atoms with Gasteiger partial charge in [-0.05, 0) is 24.1 Å². The molecule has 0 fully saturated rings. The molecule has 1 aromatic heterocycles. The fourth-order valence-electron chi connectivity index (χ4n) is 1.93. The van der Waals surface area contributed by atoms with Crippen LogP contribution in [0.15, 0.2) is 18.2 Å². The highest BCUT2D eigenvalue weighted by atomic mass is 32.1. The van der Waals surface area contributed by atoms with Crippen molar-refractivity contribution in [3.63, 3.8) is 0 Å². The van der Waals surface area contributed by atoms with E-state index in [9.17, 15) is 0 Å². The van der Waals surface area contributed by atoms with Gasteiger partial charge >= 0.3 is 0 Å². The summed E-state index contributed by atoms with van der Waals surface area (Å²) >= 11 is 1.54. The molecule has 0 aliphatic rings. The van der Waals surface area contributed by atoms with Crippen LogP contribution in [0.5, 0.6) is 11.5 Å². The van der Waals surface area contributed by atoms with Gasteiger partial charge in [-0.3, -0.25) is 0 Å². The Kier molecular flexibility index (Phi) is 3.95. The van der Waals surface area contributed by atoms with E-state index in [1.165, 1.54) is 16.2 Å². The SMILES string of the molecule is COc1ccc(-c2nc(N)sc2C(C)C)cc1OC. The zero-order valence-corrected chi connectivity index (χ0v) is 12.4. The first-order valence-electron chi connectivity index (χ1n) is 6.05. The lowest BCUT2D eigenvalue weighted by atomic mass is 10.1. The van der Waals surface area contributed by atoms with E-state index in [-0.39, 0.29) is 0 Å². The number of rotatable bonds is 4. The number of hydrogen-bond acceptors (Lipinski definition) is 5. The Morgan fingerprint density at radius 3 is 2.42 bits per heavy atom. The van der Waals surface area contributed by atoms with E-state index in [4.69, 9.17) is 15.2 Å². The van der Waals surface area contributed by atoms with Crippen LogP contribution in [0.3, 0.4) is 0 Å². The molecule has 2 N–H and O–H groups in total. The van der Waals surface area contributed by atoms with Gasteiger partial charge < -0.3 is 15.2 Å². The summed E-state index contributed by atoms with van der Waals surface area (Å²) in [5.74, 6) is 1.79. The molecule has 0 aliphatic carbocycles. The number of nitrogen functional groups attached to an aromatic ring is 1. The van der Waals surface area contributed by atoms with Crippen LogP contribution in [0.25, 0.3) is 11.3 Å². The van der Waals surface area contributed by atoms with Crippen molar-refractivity contribution in [2.75, 3.05) is 20.0 Å². The zero-order valence-electron chi connectivity index (χ0n) is 11.6. The summed E-state index contributed by atoms with van der Waals surface area (Å²) in [5, 5.41) is 0.591. The number of anilines is 1. The van der Waals surface area contributed by atoms with Crippen LogP contribution >= 0.6 is 11.3 Å². The summed E-state index contributed by atoms with van der Waals surface area (Å²) in [6.07, 6.45) is 0. The summed E-state index contributed by atoms with van der Waals surface area (Å²) < 4.78 is 10.6. The van der Waals surface area contributed by atoms with Crippen LogP contribution in [0.1, 0.15) is 24.6 Å². The molecule has 1 heterocycles. The average molecular weight is 278 g/mol. The van der Waals surface area contributed by atoms with Gasteiger partial charge in [-0.25, -0.2) is 4.98 Å². The summed E-state index contributed by atoms with van der Waals surface area (Å²) in [4.78, 5) is 5.62. The largest absolute Gasteiger partial charge is 0.493 e. The Morgan fingerprint density at radius 2 is 1.84 bits per heavy atom. The molecule has 19 heavy (non-hydrogen) atoms. The Balaban J connectivity index is 2.53. The number of thiazole rings is 1. The third-order valence-electron chi connectivity index (χ3n) is 2.85. The van der Waals surface area contributed by atoms with E-state index in [0.29, 0.717) is 22.5 Å². The second kappa shape index (κ2) is 5.48. The average Bonchev–Trinajstić information content (AvgIpc) is 2.80. The van der Waals surface area contributed by atoms with Crippen LogP contribution in [0.4, 0.5) is 5.13 Å². The number of ether oxygens (including phenoxy) is 2. The maximum absolute atomic E-state index is 5.83. The van der Waals surface area contributed by atoms with Gasteiger partial charge in [-0.1, -0.05) is 13.8 Å². The molecule has 0 saturated carbocycles. The molecule has 0 atom stereocenters. The molecule has 0 saturated heterocycles. The minimum atomic E-state index is 0.387. The van der Waals surface area contributed by atoms with Crippen molar-refractivity contribution in [3.8, 4) is 22.8 Å². The standard InChI is InChI=1S/C14H18N2O2S/c1-8(2)13-12(16-14(15)19-13)9-5-6-10(17-3)11(7-9)18-4/h5-8H,1-4H3,(H2,15,16). The van der Waals surface area contributed by atoms with Crippen molar-refractivity contribution in [1.82, 2.24) is 4.98 Å². The predicted molar refractivity (Wildman–Crippen MR) is 79.2 cm³/mol. The van der Waals surface area contributed by atoms with Gasteiger partial charge in [0.2, 0.25) is 0 Å². The summed E-state index contributed by atoms with van der Waals surface area (Å²) in [7, 11) is 3.25. The van der Waals surface area contributed by atoms with Gasteiger partial charge in [0.05, 0.1) is 19.9 Å². The number of methoxy groups -OCH3 is 2. The van der Waals surface area contributed by atoms with E-state index in [0.717, 1.165) is 11.3 Å². The molecular weight excluding hydrogens is 260 g/mol. The number of nitrogens with two attached hydrogens (primary N) is 1. The third-order valence-corrected chi connectivity index (χ3v) is 4.04. The van der Waals surface area contributed by atoms with Crippen LogP contribution in [-0.4, -0.2) is 19.2 Å². The lowest BCUT2D eigenvalue weighted by molar-refractivity contribution is 0.355. The fourth-order valence-corrected chi connectivity index (χ4v) is 2.79.